The Balaban J connectivity index is 3.05. The van der Waals surface area contributed by atoms with E-state index in [0.717, 1.165) is 0 Å². The maximum Gasteiger partial charge on any atom is 0.250 e. The Morgan fingerprint density at radius 3 is 2.38 bits per heavy atom. The van der Waals surface area contributed by atoms with Crippen molar-refractivity contribution in [3.63, 3.8) is 0 Å². The number of rotatable bonds is 4. The quantitative estimate of drug-likeness (QED) is 0.904. The highest BCUT2D eigenvalue weighted by atomic mass is 35.5. The third-order valence-electron chi connectivity index (χ3n) is 2.15. The zero-order valence-electron chi connectivity index (χ0n) is 8.72. The third kappa shape index (κ3) is 3.22. The van der Waals surface area contributed by atoms with E-state index in [1.165, 1.54) is 19.1 Å². The molecule has 0 saturated heterocycles. The Morgan fingerprint density at radius 2 is 1.88 bits per heavy atom. The predicted octanol–water partition coefficient (Wildman–Crippen LogP) is 2.61. The van der Waals surface area contributed by atoms with Gasteiger partial charge in [-0.2, -0.15) is 0 Å². The van der Waals surface area contributed by atoms with Gasteiger partial charge in [0.2, 0.25) is 5.91 Å². The summed E-state index contributed by atoms with van der Waals surface area (Å²) in [6.07, 6.45) is 0.852. The molecule has 1 aromatic carbocycles. The Labute approximate surface area is 104 Å². The Hall–Kier alpha value is -1.06. The number of halogens is 2. The van der Waals surface area contributed by atoms with Gasteiger partial charge in [-0.1, -0.05) is 23.2 Å². The summed E-state index contributed by atoms with van der Waals surface area (Å²) in [7, 11) is 0. The molecular weight excluding hydrogens is 249 g/mol. The first-order valence-corrected chi connectivity index (χ1v) is 5.44. The third-order valence-corrected chi connectivity index (χ3v) is 2.81. The van der Waals surface area contributed by atoms with E-state index in [4.69, 9.17) is 28.9 Å². The minimum atomic E-state index is -0.606. The number of primary amides is 1. The van der Waals surface area contributed by atoms with E-state index in [-0.39, 0.29) is 16.4 Å². The van der Waals surface area contributed by atoms with Gasteiger partial charge in [-0.3, -0.25) is 4.79 Å². The lowest BCUT2D eigenvalue weighted by atomic mass is 10.0. The standard InChI is InChI=1S/C11H11Cl2NO2/c1-6(15)2-3-7-4-8(11(14)16)10(13)5-9(7)12/h4-5H,2-3H2,1H3,(H2,14,16). The van der Waals surface area contributed by atoms with E-state index < -0.39 is 5.91 Å². The molecule has 0 heterocycles. The van der Waals surface area contributed by atoms with Crippen LogP contribution in [0.1, 0.15) is 29.3 Å². The second kappa shape index (κ2) is 5.32. The van der Waals surface area contributed by atoms with E-state index in [1.54, 1.807) is 0 Å². The molecule has 0 fully saturated rings. The second-order valence-electron chi connectivity index (χ2n) is 3.49. The summed E-state index contributed by atoms with van der Waals surface area (Å²) >= 11 is 11.7. The highest BCUT2D eigenvalue weighted by Gasteiger charge is 2.11. The average molecular weight is 260 g/mol. The fraction of sp³-hybridized carbons (Fsp3) is 0.273. The number of ketones is 1. The molecule has 0 aliphatic heterocycles. The molecule has 1 rings (SSSR count). The fourth-order valence-corrected chi connectivity index (χ4v) is 1.86. The summed E-state index contributed by atoms with van der Waals surface area (Å²) in [6, 6.07) is 3.01. The van der Waals surface area contributed by atoms with Crippen LogP contribution in [-0.4, -0.2) is 11.7 Å². The summed E-state index contributed by atoms with van der Waals surface area (Å²) in [4.78, 5) is 21.9. The lowest BCUT2D eigenvalue weighted by Crippen LogP contribution is -2.12. The zero-order valence-corrected chi connectivity index (χ0v) is 10.2. The Bertz CT molecular complexity index is 444. The zero-order chi connectivity index (χ0) is 12.3. The van der Waals surface area contributed by atoms with Crippen LogP contribution in [0.2, 0.25) is 10.0 Å². The predicted molar refractivity (Wildman–Crippen MR) is 64.0 cm³/mol. The number of amides is 1. The highest BCUT2D eigenvalue weighted by Crippen LogP contribution is 2.26. The van der Waals surface area contributed by atoms with Crippen molar-refractivity contribution >= 4 is 34.9 Å². The van der Waals surface area contributed by atoms with Crippen LogP contribution in [0.4, 0.5) is 0 Å². The molecule has 2 N–H and O–H groups in total. The molecule has 0 spiro atoms. The smallest absolute Gasteiger partial charge is 0.250 e. The molecule has 0 bridgehead atoms. The lowest BCUT2D eigenvalue weighted by Gasteiger charge is -2.07. The maximum absolute atomic E-state index is 11.1. The number of aryl methyl sites for hydroxylation is 1. The first kappa shape index (κ1) is 13.0. The SMILES string of the molecule is CC(=O)CCc1cc(C(N)=O)c(Cl)cc1Cl. The van der Waals surface area contributed by atoms with Crippen LogP contribution >= 0.6 is 23.2 Å². The largest absolute Gasteiger partial charge is 0.366 e. The van der Waals surface area contributed by atoms with Gasteiger partial charge in [0.25, 0.3) is 0 Å². The molecular formula is C11H11Cl2NO2. The molecule has 0 atom stereocenters. The summed E-state index contributed by atoms with van der Waals surface area (Å²) in [5.41, 5.74) is 6.09. The van der Waals surface area contributed by atoms with Crippen LogP contribution < -0.4 is 5.73 Å². The second-order valence-corrected chi connectivity index (χ2v) is 4.30. The number of nitrogens with two attached hydrogens (primary N) is 1. The van der Waals surface area contributed by atoms with Crippen molar-refractivity contribution in [2.45, 2.75) is 19.8 Å². The Kier molecular flexibility index (Phi) is 4.33. The molecule has 86 valence electrons. The molecule has 0 aromatic heterocycles. The van der Waals surface area contributed by atoms with Crippen LogP contribution in [0.5, 0.6) is 0 Å². The van der Waals surface area contributed by atoms with Gasteiger partial charge in [-0.15, -0.1) is 0 Å². The molecule has 0 unspecified atom stereocenters. The number of benzene rings is 1. The van der Waals surface area contributed by atoms with Gasteiger partial charge >= 0.3 is 0 Å². The van der Waals surface area contributed by atoms with E-state index in [2.05, 4.69) is 0 Å². The van der Waals surface area contributed by atoms with Crippen LogP contribution in [0, 0.1) is 0 Å². The Morgan fingerprint density at radius 1 is 1.25 bits per heavy atom. The minimum absolute atomic E-state index is 0.0617. The average Bonchev–Trinajstić information content (AvgIpc) is 2.15. The van der Waals surface area contributed by atoms with Crippen molar-refractivity contribution in [1.82, 2.24) is 0 Å². The number of Topliss-reactive ketones (excluding diaryl/α,β-unsaturated/α-hetero) is 1. The van der Waals surface area contributed by atoms with E-state index >= 15 is 0 Å². The molecule has 0 saturated carbocycles. The van der Waals surface area contributed by atoms with Gasteiger partial charge in [0.05, 0.1) is 10.6 Å². The van der Waals surface area contributed by atoms with Crippen LogP contribution in [-0.2, 0) is 11.2 Å². The van der Waals surface area contributed by atoms with Crippen LogP contribution in [0.25, 0.3) is 0 Å². The van der Waals surface area contributed by atoms with Crippen molar-refractivity contribution in [2.24, 2.45) is 5.73 Å². The first-order chi connectivity index (χ1) is 7.41. The highest BCUT2D eigenvalue weighted by molar-refractivity contribution is 6.37. The molecule has 1 aromatic rings. The van der Waals surface area contributed by atoms with Gasteiger partial charge < -0.3 is 10.5 Å². The molecule has 1 amide bonds. The van der Waals surface area contributed by atoms with Crippen molar-refractivity contribution < 1.29 is 9.59 Å². The van der Waals surface area contributed by atoms with Crippen molar-refractivity contribution in [3.05, 3.63) is 33.3 Å². The van der Waals surface area contributed by atoms with Gasteiger partial charge in [-0.25, -0.2) is 0 Å². The molecule has 3 nitrogen and oxygen atoms in total. The normalized spacial score (nSPS) is 10.2. The van der Waals surface area contributed by atoms with Crippen LogP contribution in [0.3, 0.4) is 0 Å². The fourth-order valence-electron chi connectivity index (χ4n) is 1.28. The number of hydrogen-bond acceptors (Lipinski definition) is 2. The molecule has 0 aliphatic rings. The van der Waals surface area contributed by atoms with E-state index in [0.29, 0.717) is 23.4 Å². The maximum atomic E-state index is 11.1. The summed E-state index contributed by atoms with van der Waals surface area (Å²) in [6.45, 7) is 1.50. The molecule has 0 radical (unpaired) electrons. The lowest BCUT2D eigenvalue weighted by molar-refractivity contribution is -0.116. The van der Waals surface area contributed by atoms with Crippen LogP contribution in [0.15, 0.2) is 12.1 Å². The number of hydrogen-bond donors (Lipinski definition) is 1. The number of carbonyl (C=O) groups excluding carboxylic acids is 2. The van der Waals surface area contributed by atoms with Crippen molar-refractivity contribution in [1.29, 1.82) is 0 Å². The summed E-state index contributed by atoms with van der Waals surface area (Å²) in [5, 5.41) is 0.667. The van der Waals surface area contributed by atoms with Gasteiger partial charge in [0, 0.05) is 11.4 Å². The molecule has 16 heavy (non-hydrogen) atoms. The summed E-state index contributed by atoms with van der Waals surface area (Å²) in [5.74, 6) is -0.544. The van der Waals surface area contributed by atoms with E-state index in [1.807, 2.05) is 0 Å². The molecule has 0 aliphatic carbocycles. The summed E-state index contributed by atoms with van der Waals surface area (Å²) < 4.78 is 0. The number of carbonyl (C=O) groups is 2. The first-order valence-electron chi connectivity index (χ1n) is 4.69. The van der Waals surface area contributed by atoms with E-state index in [9.17, 15) is 9.59 Å². The monoisotopic (exact) mass is 259 g/mol. The van der Waals surface area contributed by atoms with Gasteiger partial charge in [-0.05, 0) is 31.0 Å². The topological polar surface area (TPSA) is 60.2 Å². The van der Waals surface area contributed by atoms with Gasteiger partial charge in [0.15, 0.2) is 0 Å². The van der Waals surface area contributed by atoms with Crippen molar-refractivity contribution in [3.8, 4) is 0 Å². The van der Waals surface area contributed by atoms with Gasteiger partial charge in [0.1, 0.15) is 5.78 Å². The minimum Gasteiger partial charge on any atom is -0.366 e. The molecule has 5 heteroatoms. The van der Waals surface area contributed by atoms with Crippen molar-refractivity contribution in [2.75, 3.05) is 0 Å².